The van der Waals surface area contributed by atoms with Gasteiger partial charge in [0.05, 0.1) is 6.20 Å². The third kappa shape index (κ3) is 11.5. The fourth-order valence-corrected chi connectivity index (χ4v) is 2.76. The number of nitrogens with zero attached hydrogens (tertiary/aromatic N) is 2. The molecule has 22 heavy (non-hydrogen) atoms. The van der Waals surface area contributed by atoms with Crippen molar-refractivity contribution in [3.05, 3.63) is 37.2 Å². The summed E-state index contributed by atoms with van der Waals surface area (Å²) in [5.41, 5.74) is 1.23. The minimum absolute atomic E-state index is 0.583. The third-order valence-electron chi connectivity index (χ3n) is 4.12. The number of unbranched alkanes of at least 4 members (excludes halogenated alkanes) is 7. The van der Waals surface area contributed by atoms with Gasteiger partial charge in [-0.05, 0) is 24.3 Å². The van der Waals surface area contributed by atoms with Crippen molar-refractivity contribution in [1.82, 2.24) is 0 Å². The normalized spacial score (nSPS) is 13.5. The van der Waals surface area contributed by atoms with Crippen LogP contribution in [0.15, 0.2) is 47.4 Å². The molecule has 0 saturated heterocycles. The summed E-state index contributed by atoms with van der Waals surface area (Å²) in [4.78, 5) is 0. The highest BCUT2D eigenvalue weighted by Gasteiger charge is 2.12. The number of azo groups is 1. The molecule has 2 nitrogen and oxygen atoms in total. The Balaban J connectivity index is 4.45. The van der Waals surface area contributed by atoms with E-state index in [1.54, 1.807) is 0 Å². The number of hydrogen-bond acceptors (Lipinski definition) is 2. The van der Waals surface area contributed by atoms with Gasteiger partial charge in [0, 0.05) is 6.20 Å². The summed E-state index contributed by atoms with van der Waals surface area (Å²) >= 11 is 0. The molecule has 0 aliphatic heterocycles. The number of allylic oxidation sites excluding steroid dienone is 2. The van der Waals surface area contributed by atoms with Crippen LogP contribution in [0.25, 0.3) is 0 Å². The molecule has 1 unspecified atom stereocenters. The Bertz CT molecular complexity index is 329. The molecule has 0 heterocycles. The molecule has 1 atom stereocenters. The highest BCUT2D eigenvalue weighted by molar-refractivity contribution is 5.18. The molecule has 0 aliphatic rings. The second kappa shape index (κ2) is 16.2. The van der Waals surface area contributed by atoms with Gasteiger partial charge in [-0.3, -0.25) is 0 Å². The van der Waals surface area contributed by atoms with Crippen LogP contribution in [0, 0.1) is 5.92 Å². The highest BCUT2D eigenvalue weighted by atomic mass is 15.1. The van der Waals surface area contributed by atoms with Crippen LogP contribution < -0.4 is 0 Å². The van der Waals surface area contributed by atoms with E-state index < -0.39 is 0 Å². The minimum atomic E-state index is 0.583. The average molecular weight is 305 g/mol. The maximum absolute atomic E-state index is 4.06. The zero-order chi connectivity index (χ0) is 16.5. The standard InChI is InChI=1S/C20H36N2/c1-5-9-11-13-15-17-20(16-14-12-10-6-2)19(7-3)18-22-21-8-4/h7-8,18,20H,3-6,9-17H2,1-2H3/b19-18+,22-21-. The van der Waals surface area contributed by atoms with Gasteiger partial charge in [-0.25, -0.2) is 0 Å². The monoisotopic (exact) mass is 304 g/mol. The van der Waals surface area contributed by atoms with E-state index in [-0.39, 0.29) is 0 Å². The Labute approximate surface area is 138 Å². The molecule has 0 spiro atoms. The van der Waals surface area contributed by atoms with Crippen molar-refractivity contribution in [3.63, 3.8) is 0 Å². The van der Waals surface area contributed by atoms with E-state index in [1.165, 1.54) is 82.4 Å². The Morgan fingerprint density at radius 1 is 0.818 bits per heavy atom. The molecule has 0 aliphatic carbocycles. The minimum Gasteiger partial charge on any atom is -0.160 e. The largest absolute Gasteiger partial charge is 0.160 e. The molecule has 0 fully saturated rings. The summed E-state index contributed by atoms with van der Waals surface area (Å²) in [6.07, 6.45) is 19.7. The summed E-state index contributed by atoms with van der Waals surface area (Å²) in [6, 6.07) is 0. The van der Waals surface area contributed by atoms with Gasteiger partial charge in [0.1, 0.15) is 0 Å². The molecule has 126 valence electrons. The quantitative estimate of drug-likeness (QED) is 0.169. The molecule has 0 aromatic heterocycles. The summed E-state index contributed by atoms with van der Waals surface area (Å²) in [5.74, 6) is 0.583. The van der Waals surface area contributed by atoms with E-state index in [0.29, 0.717) is 5.92 Å². The molecule has 0 N–H and O–H groups in total. The summed E-state index contributed by atoms with van der Waals surface area (Å²) in [7, 11) is 0. The van der Waals surface area contributed by atoms with Gasteiger partial charge in [0.15, 0.2) is 0 Å². The predicted octanol–water partition coefficient (Wildman–Crippen LogP) is 7.60. The lowest BCUT2D eigenvalue weighted by Crippen LogP contribution is -2.03. The maximum Gasteiger partial charge on any atom is 0.0530 e. The Hall–Kier alpha value is -1.18. The van der Waals surface area contributed by atoms with Crippen molar-refractivity contribution in [2.24, 2.45) is 16.1 Å². The lowest BCUT2D eigenvalue weighted by molar-refractivity contribution is 0.458. The van der Waals surface area contributed by atoms with Crippen LogP contribution in [0.3, 0.4) is 0 Å². The van der Waals surface area contributed by atoms with Gasteiger partial charge in [0.2, 0.25) is 0 Å². The van der Waals surface area contributed by atoms with Crippen molar-refractivity contribution in [1.29, 1.82) is 0 Å². The molecule has 0 bridgehead atoms. The SMILES string of the molecule is C=C/N=N\C=C(/C=C)C(CCCCCC)CCCCCCC. The first kappa shape index (κ1) is 20.8. The smallest absolute Gasteiger partial charge is 0.0530 e. The van der Waals surface area contributed by atoms with E-state index in [1.807, 2.05) is 12.3 Å². The first-order chi connectivity index (χ1) is 10.8. The number of hydrogen-bond donors (Lipinski definition) is 0. The van der Waals surface area contributed by atoms with Crippen LogP contribution in [0.2, 0.25) is 0 Å². The summed E-state index contributed by atoms with van der Waals surface area (Å²) in [5, 5.41) is 7.89. The van der Waals surface area contributed by atoms with Gasteiger partial charge in [0.25, 0.3) is 0 Å². The van der Waals surface area contributed by atoms with E-state index in [4.69, 9.17) is 0 Å². The molecule has 0 radical (unpaired) electrons. The highest BCUT2D eigenvalue weighted by Crippen LogP contribution is 2.26. The van der Waals surface area contributed by atoms with E-state index in [0.717, 1.165) is 0 Å². The van der Waals surface area contributed by atoms with Gasteiger partial charge in [-0.1, -0.05) is 90.9 Å². The Morgan fingerprint density at radius 3 is 1.86 bits per heavy atom. The lowest BCUT2D eigenvalue weighted by Gasteiger charge is -2.17. The van der Waals surface area contributed by atoms with E-state index in [9.17, 15) is 0 Å². The van der Waals surface area contributed by atoms with Crippen LogP contribution in [-0.4, -0.2) is 0 Å². The van der Waals surface area contributed by atoms with Crippen LogP contribution in [-0.2, 0) is 0 Å². The van der Waals surface area contributed by atoms with Crippen molar-refractivity contribution in [3.8, 4) is 0 Å². The van der Waals surface area contributed by atoms with Crippen molar-refractivity contribution >= 4 is 0 Å². The second-order valence-corrected chi connectivity index (χ2v) is 6.00. The first-order valence-electron chi connectivity index (χ1n) is 9.13. The molecular weight excluding hydrogens is 268 g/mol. The van der Waals surface area contributed by atoms with Crippen LogP contribution in [0.4, 0.5) is 0 Å². The summed E-state index contributed by atoms with van der Waals surface area (Å²) in [6.45, 7) is 12.1. The predicted molar refractivity (Wildman–Crippen MR) is 99.0 cm³/mol. The third-order valence-corrected chi connectivity index (χ3v) is 4.12. The van der Waals surface area contributed by atoms with Crippen molar-refractivity contribution in [2.45, 2.75) is 84.5 Å². The van der Waals surface area contributed by atoms with Crippen LogP contribution in [0.1, 0.15) is 84.5 Å². The molecule has 0 rings (SSSR count). The van der Waals surface area contributed by atoms with Gasteiger partial charge < -0.3 is 0 Å². The summed E-state index contributed by atoms with van der Waals surface area (Å²) < 4.78 is 0. The fraction of sp³-hybridized carbons (Fsp3) is 0.700. The maximum atomic E-state index is 4.06. The molecule has 0 amide bonds. The van der Waals surface area contributed by atoms with E-state index >= 15 is 0 Å². The Kier molecular flexibility index (Phi) is 15.3. The Morgan fingerprint density at radius 2 is 1.36 bits per heavy atom. The fourth-order valence-electron chi connectivity index (χ4n) is 2.76. The zero-order valence-corrected chi connectivity index (χ0v) is 14.9. The van der Waals surface area contributed by atoms with Gasteiger partial charge in [-0.15, -0.1) is 0 Å². The van der Waals surface area contributed by atoms with Crippen molar-refractivity contribution in [2.75, 3.05) is 0 Å². The van der Waals surface area contributed by atoms with Crippen LogP contribution >= 0.6 is 0 Å². The first-order valence-corrected chi connectivity index (χ1v) is 9.13. The molecule has 0 aromatic carbocycles. The average Bonchev–Trinajstić information content (AvgIpc) is 2.54. The molecule has 0 aromatic rings. The molecule has 2 heteroatoms. The van der Waals surface area contributed by atoms with E-state index in [2.05, 4.69) is 37.2 Å². The number of rotatable bonds is 15. The lowest BCUT2D eigenvalue weighted by atomic mass is 9.88. The van der Waals surface area contributed by atoms with Gasteiger partial charge in [-0.2, -0.15) is 10.2 Å². The van der Waals surface area contributed by atoms with Gasteiger partial charge >= 0.3 is 0 Å². The molecule has 0 saturated carbocycles. The topological polar surface area (TPSA) is 24.7 Å². The van der Waals surface area contributed by atoms with Crippen molar-refractivity contribution < 1.29 is 0 Å². The zero-order valence-electron chi connectivity index (χ0n) is 14.9. The second-order valence-electron chi connectivity index (χ2n) is 6.00. The van der Waals surface area contributed by atoms with Crippen LogP contribution in [0.5, 0.6) is 0 Å². The molecular formula is C20H36N2.